The molecule has 2 saturated heterocycles. The van der Waals surface area contributed by atoms with Crippen molar-refractivity contribution in [2.75, 3.05) is 48.3 Å². The van der Waals surface area contributed by atoms with Crippen molar-refractivity contribution in [1.29, 1.82) is 0 Å². The molecule has 0 spiro atoms. The summed E-state index contributed by atoms with van der Waals surface area (Å²) in [5.74, 6) is 1.67. The average Bonchev–Trinajstić information content (AvgIpc) is 3.68. The van der Waals surface area contributed by atoms with Gasteiger partial charge in [0.25, 0.3) is 0 Å². The summed E-state index contributed by atoms with van der Waals surface area (Å²) in [4.78, 5) is 31.1. The number of carbonyl (C=O) groups is 1. The van der Waals surface area contributed by atoms with Crippen molar-refractivity contribution in [2.24, 2.45) is 7.05 Å². The Hall–Kier alpha value is -4.28. The Morgan fingerprint density at radius 2 is 1.76 bits per heavy atom. The Kier molecular flexibility index (Phi) is 7.93. The number of piperazine rings is 1. The van der Waals surface area contributed by atoms with Gasteiger partial charge in [-0.3, -0.25) is 9.69 Å². The molecular weight excluding hydrogens is 514 g/mol. The number of hydrogen-bond acceptors (Lipinski definition) is 8. The van der Waals surface area contributed by atoms with Crippen LogP contribution in [0.4, 0.5) is 23.0 Å². The number of nitrogens with zero attached hydrogens (tertiary/aromatic N) is 6. The first kappa shape index (κ1) is 26.9. The van der Waals surface area contributed by atoms with Crippen LogP contribution in [0, 0.1) is 6.92 Å². The summed E-state index contributed by atoms with van der Waals surface area (Å²) in [6.07, 6.45) is 7.62. The number of hydrogen-bond donors (Lipinski definition) is 3. The summed E-state index contributed by atoms with van der Waals surface area (Å²) in [6.45, 7) is 7.79. The molecule has 0 unspecified atom stereocenters. The monoisotopic (exact) mass is 551 g/mol. The number of carbonyl (C=O) groups excluding carboxylic acids is 1. The van der Waals surface area contributed by atoms with Crippen molar-refractivity contribution in [2.45, 2.75) is 32.4 Å². The van der Waals surface area contributed by atoms with Crippen LogP contribution in [0.2, 0.25) is 0 Å². The topological polar surface area (TPSA) is 103 Å². The van der Waals surface area contributed by atoms with Crippen LogP contribution in [-0.4, -0.2) is 69.1 Å². The van der Waals surface area contributed by atoms with Crippen molar-refractivity contribution in [3.8, 4) is 11.3 Å². The van der Waals surface area contributed by atoms with Gasteiger partial charge in [0, 0.05) is 74.4 Å². The highest BCUT2D eigenvalue weighted by Crippen LogP contribution is 2.26. The number of amides is 1. The lowest BCUT2D eigenvalue weighted by atomic mass is 10.1. The minimum Gasteiger partial charge on any atom is -0.369 e. The van der Waals surface area contributed by atoms with Crippen LogP contribution in [-0.2, 0) is 18.4 Å². The first-order chi connectivity index (χ1) is 20.0. The second-order valence-corrected chi connectivity index (χ2v) is 10.8. The quantitative estimate of drug-likeness (QED) is 0.303. The zero-order chi connectivity index (χ0) is 28.2. The van der Waals surface area contributed by atoms with Gasteiger partial charge in [-0.15, -0.1) is 0 Å². The van der Waals surface area contributed by atoms with Crippen LogP contribution >= 0.6 is 0 Å². The number of nitrogens with one attached hydrogen (secondary N) is 3. The summed E-state index contributed by atoms with van der Waals surface area (Å²) in [5, 5.41) is 9.60. The Morgan fingerprint density at radius 1 is 1.00 bits per heavy atom. The molecule has 2 fully saturated rings. The van der Waals surface area contributed by atoms with Crippen LogP contribution < -0.4 is 20.9 Å². The van der Waals surface area contributed by atoms with E-state index in [1.54, 1.807) is 0 Å². The van der Waals surface area contributed by atoms with Gasteiger partial charge in [-0.1, -0.05) is 12.1 Å². The summed E-state index contributed by atoms with van der Waals surface area (Å²) < 4.78 is 2.09. The van der Waals surface area contributed by atoms with Gasteiger partial charge in [0.15, 0.2) is 0 Å². The van der Waals surface area contributed by atoms with Gasteiger partial charge in [0.05, 0.1) is 18.3 Å². The molecule has 1 amide bonds. The van der Waals surface area contributed by atoms with E-state index in [1.165, 1.54) is 5.69 Å². The molecule has 10 heteroatoms. The normalized spacial score (nSPS) is 17.5. The van der Waals surface area contributed by atoms with Crippen molar-refractivity contribution >= 4 is 28.9 Å². The molecule has 0 radical (unpaired) electrons. The largest absolute Gasteiger partial charge is 0.369 e. The second kappa shape index (κ2) is 12.1. The van der Waals surface area contributed by atoms with Crippen molar-refractivity contribution in [3.05, 3.63) is 78.5 Å². The Labute approximate surface area is 240 Å². The van der Waals surface area contributed by atoms with E-state index in [0.717, 1.165) is 86.1 Å². The molecule has 3 N–H and O–H groups in total. The number of aromatic nitrogens is 4. The highest BCUT2D eigenvalue weighted by Gasteiger charge is 2.22. The summed E-state index contributed by atoms with van der Waals surface area (Å²) in [7, 11) is 2.05. The van der Waals surface area contributed by atoms with Gasteiger partial charge in [-0.25, -0.2) is 15.0 Å². The molecule has 2 aliphatic rings. The van der Waals surface area contributed by atoms with Crippen LogP contribution in [0.15, 0.2) is 67.1 Å². The van der Waals surface area contributed by atoms with Gasteiger partial charge < -0.3 is 25.4 Å². The molecule has 10 nitrogen and oxygen atoms in total. The molecule has 41 heavy (non-hydrogen) atoms. The van der Waals surface area contributed by atoms with Crippen molar-refractivity contribution < 1.29 is 4.79 Å². The standard InChI is InChI=1S/C31H37N9O/c1-22-20-34-31(37-29(22)23-5-7-24(8-6-23)35-30(41)27-4-3-13-32-27)36-25-9-11-26(12-10-25)40-18-16-39(17-19-40)21-28-33-14-15-38(28)2/h5-12,14-15,20,27,32H,3-4,13,16-19,21H2,1-2H3,(H,35,41)(H,34,36,37)/t27-/m0/s1. The number of benzene rings is 2. The molecule has 1 atom stereocenters. The highest BCUT2D eigenvalue weighted by molar-refractivity contribution is 5.95. The molecular formula is C31H37N9O. The van der Waals surface area contributed by atoms with E-state index in [-0.39, 0.29) is 11.9 Å². The summed E-state index contributed by atoms with van der Waals surface area (Å²) in [5.41, 5.74) is 5.76. The summed E-state index contributed by atoms with van der Waals surface area (Å²) in [6, 6.07) is 16.2. The molecule has 212 valence electrons. The van der Waals surface area contributed by atoms with E-state index >= 15 is 0 Å². The molecule has 2 aromatic carbocycles. The number of imidazole rings is 1. The molecule has 2 aliphatic heterocycles. The minimum atomic E-state index is -0.103. The van der Waals surface area contributed by atoms with E-state index in [9.17, 15) is 4.79 Å². The van der Waals surface area contributed by atoms with Gasteiger partial charge in [0.1, 0.15) is 5.82 Å². The van der Waals surface area contributed by atoms with Gasteiger partial charge in [0.2, 0.25) is 11.9 Å². The van der Waals surface area contributed by atoms with E-state index in [0.29, 0.717) is 5.95 Å². The lowest BCUT2D eigenvalue weighted by Crippen LogP contribution is -2.46. The van der Waals surface area contributed by atoms with Crippen molar-refractivity contribution in [1.82, 2.24) is 29.7 Å². The molecule has 0 bridgehead atoms. The fourth-order valence-corrected chi connectivity index (χ4v) is 5.44. The smallest absolute Gasteiger partial charge is 0.241 e. The Morgan fingerprint density at radius 3 is 2.44 bits per heavy atom. The third-order valence-corrected chi connectivity index (χ3v) is 7.92. The fraction of sp³-hybridized carbons (Fsp3) is 0.355. The number of rotatable bonds is 8. The molecule has 0 saturated carbocycles. The van der Waals surface area contributed by atoms with E-state index in [2.05, 4.69) is 64.6 Å². The second-order valence-electron chi connectivity index (χ2n) is 10.8. The minimum absolute atomic E-state index is 0.0220. The van der Waals surface area contributed by atoms with Crippen LogP contribution in [0.1, 0.15) is 24.2 Å². The first-order valence-electron chi connectivity index (χ1n) is 14.3. The van der Waals surface area contributed by atoms with Crippen molar-refractivity contribution in [3.63, 3.8) is 0 Å². The predicted octanol–water partition coefficient (Wildman–Crippen LogP) is 3.94. The van der Waals surface area contributed by atoms with Gasteiger partial charge in [-0.2, -0.15) is 0 Å². The Bertz CT molecular complexity index is 1470. The highest BCUT2D eigenvalue weighted by atomic mass is 16.2. The van der Waals surface area contributed by atoms with Crippen LogP contribution in [0.5, 0.6) is 0 Å². The van der Waals surface area contributed by atoms with Crippen LogP contribution in [0.3, 0.4) is 0 Å². The maximum absolute atomic E-state index is 12.4. The number of aryl methyl sites for hydroxylation is 2. The molecule has 0 aliphatic carbocycles. The first-order valence-corrected chi connectivity index (χ1v) is 14.3. The zero-order valence-corrected chi connectivity index (χ0v) is 23.7. The SMILES string of the molecule is Cc1cnc(Nc2ccc(N3CCN(Cc4nccn4C)CC3)cc2)nc1-c1ccc(NC(=O)[C@@H]2CCCN2)cc1. The maximum Gasteiger partial charge on any atom is 0.241 e. The van der Waals surface area contributed by atoms with E-state index in [4.69, 9.17) is 4.98 Å². The lowest BCUT2D eigenvalue weighted by molar-refractivity contribution is -0.117. The third-order valence-electron chi connectivity index (χ3n) is 7.92. The summed E-state index contributed by atoms with van der Waals surface area (Å²) >= 11 is 0. The predicted molar refractivity (Wildman–Crippen MR) is 162 cm³/mol. The maximum atomic E-state index is 12.4. The lowest BCUT2D eigenvalue weighted by Gasteiger charge is -2.36. The Balaban J connectivity index is 1.05. The van der Waals surface area contributed by atoms with E-state index in [1.807, 2.05) is 56.8 Å². The fourth-order valence-electron chi connectivity index (χ4n) is 5.44. The third kappa shape index (κ3) is 6.39. The van der Waals surface area contributed by atoms with Crippen LogP contribution in [0.25, 0.3) is 11.3 Å². The molecule has 2 aromatic heterocycles. The van der Waals surface area contributed by atoms with E-state index < -0.39 is 0 Å². The van der Waals surface area contributed by atoms with Gasteiger partial charge >= 0.3 is 0 Å². The molecule has 4 aromatic rings. The average molecular weight is 552 g/mol. The zero-order valence-electron chi connectivity index (χ0n) is 23.7. The molecule has 4 heterocycles. The molecule has 6 rings (SSSR count). The number of anilines is 4. The van der Waals surface area contributed by atoms with Gasteiger partial charge in [-0.05, 0) is 68.3 Å².